The number of esters is 1. The fourth-order valence-corrected chi connectivity index (χ4v) is 0.856. The van der Waals surface area contributed by atoms with Crippen molar-refractivity contribution in [1.82, 2.24) is 0 Å². The number of hydrogen-bond acceptors (Lipinski definition) is 3. The first-order valence-electron chi connectivity index (χ1n) is 4.14. The maximum atomic E-state index is 10.9. The van der Waals surface area contributed by atoms with Gasteiger partial charge in [-0.1, -0.05) is 13.2 Å². The zero-order valence-corrected chi connectivity index (χ0v) is 8.21. The van der Waals surface area contributed by atoms with E-state index in [1.165, 1.54) is 13.4 Å². The number of rotatable bonds is 6. The molecule has 0 aromatic carbocycles. The van der Waals surface area contributed by atoms with Crippen molar-refractivity contribution in [1.29, 1.82) is 0 Å². The van der Waals surface area contributed by atoms with Crippen LogP contribution in [-0.4, -0.2) is 19.2 Å². The molecule has 1 atom stereocenters. The molecule has 0 saturated carbocycles. The van der Waals surface area contributed by atoms with Gasteiger partial charge in [0.15, 0.2) is 0 Å². The molecule has 0 amide bonds. The van der Waals surface area contributed by atoms with Gasteiger partial charge < -0.3 is 9.47 Å². The summed E-state index contributed by atoms with van der Waals surface area (Å²) in [6, 6.07) is 0. The first-order valence-corrected chi connectivity index (χ1v) is 4.14. The average molecular weight is 184 g/mol. The molecule has 3 heteroatoms. The van der Waals surface area contributed by atoms with Crippen LogP contribution in [0.1, 0.15) is 19.8 Å². The van der Waals surface area contributed by atoms with E-state index in [1.807, 2.05) is 6.92 Å². The normalized spacial score (nSPS) is 11.5. The molecule has 0 bridgehead atoms. The molecule has 3 nitrogen and oxygen atoms in total. The van der Waals surface area contributed by atoms with Crippen LogP contribution in [0.5, 0.6) is 0 Å². The van der Waals surface area contributed by atoms with Crippen molar-refractivity contribution in [2.24, 2.45) is 0 Å². The SMILES string of the molecule is C=COC(C)CCC(=C)C(=O)OC. The van der Waals surface area contributed by atoms with Crippen molar-refractivity contribution in [3.8, 4) is 0 Å². The van der Waals surface area contributed by atoms with E-state index in [0.29, 0.717) is 12.0 Å². The van der Waals surface area contributed by atoms with E-state index in [0.717, 1.165) is 6.42 Å². The molecule has 0 aliphatic carbocycles. The van der Waals surface area contributed by atoms with Crippen molar-refractivity contribution in [2.75, 3.05) is 7.11 Å². The zero-order valence-electron chi connectivity index (χ0n) is 8.21. The van der Waals surface area contributed by atoms with Gasteiger partial charge in [0, 0.05) is 5.57 Å². The lowest BCUT2D eigenvalue weighted by atomic mass is 10.1. The molecular weight excluding hydrogens is 168 g/mol. The van der Waals surface area contributed by atoms with Crippen LogP contribution in [0.25, 0.3) is 0 Å². The van der Waals surface area contributed by atoms with Gasteiger partial charge in [0.05, 0.1) is 19.5 Å². The molecule has 0 spiro atoms. The smallest absolute Gasteiger partial charge is 0.333 e. The lowest BCUT2D eigenvalue weighted by Gasteiger charge is -2.10. The average Bonchev–Trinajstić information content (AvgIpc) is 2.13. The van der Waals surface area contributed by atoms with E-state index < -0.39 is 0 Å². The minimum atomic E-state index is -0.356. The predicted molar refractivity (Wildman–Crippen MR) is 51.1 cm³/mol. The van der Waals surface area contributed by atoms with Gasteiger partial charge in [-0.15, -0.1) is 0 Å². The molecule has 1 unspecified atom stereocenters. The Hall–Kier alpha value is -1.25. The number of hydrogen-bond donors (Lipinski definition) is 0. The second-order valence-electron chi connectivity index (χ2n) is 2.75. The highest BCUT2D eigenvalue weighted by Gasteiger charge is 2.08. The van der Waals surface area contributed by atoms with Crippen LogP contribution in [0, 0.1) is 0 Å². The molecule has 0 N–H and O–H groups in total. The Bertz CT molecular complexity index is 196. The maximum absolute atomic E-state index is 10.9. The maximum Gasteiger partial charge on any atom is 0.333 e. The quantitative estimate of drug-likeness (QED) is 0.360. The molecule has 0 aliphatic heterocycles. The fourth-order valence-electron chi connectivity index (χ4n) is 0.856. The van der Waals surface area contributed by atoms with Gasteiger partial charge in [-0.25, -0.2) is 4.79 Å². The van der Waals surface area contributed by atoms with Gasteiger partial charge >= 0.3 is 5.97 Å². The van der Waals surface area contributed by atoms with Crippen LogP contribution in [0.4, 0.5) is 0 Å². The van der Waals surface area contributed by atoms with Crippen molar-refractivity contribution in [2.45, 2.75) is 25.9 Å². The molecule has 13 heavy (non-hydrogen) atoms. The van der Waals surface area contributed by atoms with E-state index in [-0.39, 0.29) is 12.1 Å². The van der Waals surface area contributed by atoms with Crippen molar-refractivity contribution < 1.29 is 14.3 Å². The van der Waals surface area contributed by atoms with E-state index in [9.17, 15) is 4.79 Å². The van der Waals surface area contributed by atoms with E-state index in [2.05, 4.69) is 17.9 Å². The number of methoxy groups -OCH3 is 1. The Kier molecular flexibility index (Phi) is 5.68. The second kappa shape index (κ2) is 6.29. The standard InChI is InChI=1S/C10H16O3/c1-5-13-9(3)7-6-8(2)10(11)12-4/h5,9H,1-2,6-7H2,3-4H3. The van der Waals surface area contributed by atoms with Crippen molar-refractivity contribution in [3.63, 3.8) is 0 Å². The fraction of sp³-hybridized carbons (Fsp3) is 0.500. The molecule has 0 saturated heterocycles. The van der Waals surface area contributed by atoms with Crippen LogP contribution >= 0.6 is 0 Å². The summed E-state index contributed by atoms with van der Waals surface area (Å²) in [5.74, 6) is -0.356. The van der Waals surface area contributed by atoms with Crippen molar-refractivity contribution in [3.05, 3.63) is 25.0 Å². The molecule has 0 rings (SSSR count). The Morgan fingerprint density at radius 1 is 1.62 bits per heavy atom. The molecular formula is C10H16O3. The van der Waals surface area contributed by atoms with Crippen LogP contribution < -0.4 is 0 Å². The number of carbonyl (C=O) groups is 1. The molecule has 0 heterocycles. The molecule has 74 valence electrons. The van der Waals surface area contributed by atoms with Crippen LogP contribution in [0.15, 0.2) is 25.0 Å². The molecule has 0 aliphatic rings. The minimum Gasteiger partial charge on any atom is -0.499 e. The number of carbonyl (C=O) groups excluding carboxylic acids is 1. The third-order valence-corrected chi connectivity index (χ3v) is 1.66. The lowest BCUT2D eigenvalue weighted by Crippen LogP contribution is -2.08. The summed E-state index contributed by atoms with van der Waals surface area (Å²) < 4.78 is 9.58. The Labute approximate surface area is 79.0 Å². The zero-order chi connectivity index (χ0) is 10.3. The Morgan fingerprint density at radius 2 is 2.23 bits per heavy atom. The Balaban J connectivity index is 3.69. The summed E-state index contributed by atoms with van der Waals surface area (Å²) in [6.07, 6.45) is 2.77. The second-order valence-corrected chi connectivity index (χ2v) is 2.75. The van der Waals surface area contributed by atoms with E-state index in [1.54, 1.807) is 0 Å². The highest BCUT2D eigenvalue weighted by Crippen LogP contribution is 2.09. The first-order chi connectivity index (χ1) is 6.11. The van der Waals surface area contributed by atoms with Gasteiger partial charge in [-0.05, 0) is 19.8 Å². The van der Waals surface area contributed by atoms with E-state index in [4.69, 9.17) is 4.74 Å². The van der Waals surface area contributed by atoms with Crippen LogP contribution in [-0.2, 0) is 14.3 Å². The summed E-state index contributed by atoms with van der Waals surface area (Å²) in [5.41, 5.74) is 0.474. The molecule has 0 fully saturated rings. The third-order valence-electron chi connectivity index (χ3n) is 1.66. The lowest BCUT2D eigenvalue weighted by molar-refractivity contribution is -0.136. The minimum absolute atomic E-state index is 0.0545. The van der Waals surface area contributed by atoms with Gasteiger partial charge in [0.2, 0.25) is 0 Å². The van der Waals surface area contributed by atoms with E-state index >= 15 is 0 Å². The number of ether oxygens (including phenoxy) is 2. The topological polar surface area (TPSA) is 35.5 Å². The monoisotopic (exact) mass is 184 g/mol. The summed E-state index contributed by atoms with van der Waals surface area (Å²) in [7, 11) is 1.34. The summed E-state index contributed by atoms with van der Waals surface area (Å²) in [6.45, 7) is 8.95. The largest absolute Gasteiger partial charge is 0.499 e. The predicted octanol–water partition coefficient (Wildman–Crippen LogP) is 2.04. The van der Waals surface area contributed by atoms with Gasteiger partial charge in [0.25, 0.3) is 0 Å². The first kappa shape index (κ1) is 11.8. The molecule has 0 aromatic heterocycles. The summed E-state index contributed by atoms with van der Waals surface area (Å²) >= 11 is 0. The highest BCUT2D eigenvalue weighted by atomic mass is 16.5. The molecule has 0 aromatic rings. The van der Waals surface area contributed by atoms with Crippen LogP contribution in [0.2, 0.25) is 0 Å². The van der Waals surface area contributed by atoms with Gasteiger partial charge in [0.1, 0.15) is 0 Å². The molecule has 0 radical (unpaired) electrons. The Morgan fingerprint density at radius 3 is 2.69 bits per heavy atom. The van der Waals surface area contributed by atoms with Gasteiger partial charge in [-0.2, -0.15) is 0 Å². The third kappa shape index (κ3) is 5.06. The highest BCUT2D eigenvalue weighted by molar-refractivity contribution is 5.87. The van der Waals surface area contributed by atoms with Crippen molar-refractivity contribution >= 4 is 5.97 Å². The summed E-state index contributed by atoms with van der Waals surface area (Å²) in [4.78, 5) is 10.9. The summed E-state index contributed by atoms with van der Waals surface area (Å²) in [5, 5.41) is 0. The van der Waals surface area contributed by atoms with Gasteiger partial charge in [-0.3, -0.25) is 0 Å². The van der Waals surface area contributed by atoms with Crippen LogP contribution in [0.3, 0.4) is 0 Å².